The first kappa shape index (κ1) is 18.7. The van der Waals surface area contributed by atoms with Gasteiger partial charge in [-0.3, -0.25) is 4.79 Å². The fourth-order valence-electron chi connectivity index (χ4n) is 2.75. The molecule has 24 heavy (non-hydrogen) atoms. The number of sulfonamides is 1. The van der Waals surface area contributed by atoms with E-state index in [9.17, 15) is 13.2 Å². The second kappa shape index (κ2) is 7.96. The van der Waals surface area contributed by atoms with Gasteiger partial charge < -0.3 is 14.6 Å². The Bertz CT molecular complexity index is 688. The molecule has 1 aromatic rings. The van der Waals surface area contributed by atoms with Gasteiger partial charge in [-0.2, -0.15) is 0 Å². The van der Waals surface area contributed by atoms with E-state index in [1.165, 1.54) is 25.3 Å². The molecular formula is C16H23NO6S. The Kier molecular flexibility index (Phi) is 6.20. The van der Waals surface area contributed by atoms with Crippen molar-refractivity contribution in [3.05, 3.63) is 23.8 Å². The number of aliphatic carboxylic acids is 1. The van der Waals surface area contributed by atoms with Gasteiger partial charge in [0.2, 0.25) is 10.0 Å². The highest BCUT2D eigenvalue weighted by Gasteiger charge is 2.25. The molecule has 0 spiro atoms. The van der Waals surface area contributed by atoms with Gasteiger partial charge in [0, 0.05) is 25.3 Å². The summed E-state index contributed by atoms with van der Waals surface area (Å²) in [5, 5.41) is 8.95. The minimum absolute atomic E-state index is 0.0410. The van der Waals surface area contributed by atoms with Crippen LogP contribution in [0.4, 0.5) is 0 Å². The molecule has 134 valence electrons. The van der Waals surface area contributed by atoms with E-state index in [4.69, 9.17) is 14.6 Å². The quantitative estimate of drug-likeness (QED) is 0.762. The monoisotopic (exact) mass is 357 g/mol. The zero-order valence-electron chi connectivity index (χ0n) is 13.8. The zero-order valence-corrected chi connectivity index (χ0v) is 14.6. The molecule has 1 saturated heterocycles. The van der Waals surface area contributed by atoms with Crippen LogP contribution >= 0.6 is 0 Å². The van der Waals surface area contributed by atoms with Crippen LogP contribution in [0.25, 0.3) is 0 Å². The molecule has 0 saturated carbocycles. The van der Waals surface area contributed by atoms with E-state index >= 15 is 0 Å². The summed E-state index contributed by atoms with van der Waals surface area (Å²) in [6.45, 7) is 3.66. The Labute approximate surface area is 142 Å². The summed E-state index contributed by atoms with van der Waals surface area (Å²) in [5.74, 6) is -0.175. The van der Waals surface area contributed by atoms with Crippen LogP contribution in [0.2, 0.25) is 0 Å². The van der Waals surface area contributed by atoms with Crippen molar-refractivity contribution in [1.82, 2.24) is 4.72 Å². The molecule has 2 rings (SSSR count). The van der Waals surface area contributed by atoms with E-state index in [0.717, 1.165) is 6.42 Å². The Morgan fingerprint density at radius 2 is 2.21 bits per heavy atom. The first-order valence-corrected chi connectivity index (χ1v) is 9.28. The number of methoxy groups -OCH3 is 1. The summed E-state index contributed by atoms with van der Waals surface area (Å²) in [6, 6.07) is 4.24. The topological polar surface area (TPSA) is 102 Å². The molecule has 0 bridgehead atoms. The maximum Gasteiger partial charge on any atom is 0.307 e. The van der Waals surface area contributed by atoms with Gasteiger partial charge in [-0.15, -0.1) is 0 Å². The third-order valence-electron chi connectivity index (χ3n) is 4.26. The molecule has 1 aromatic carbocycles. The van der Waals surface area contributed by atoms with Crippen molar-refractivity contribution in [2.75, 3.05) is 26.9 Å². The molecule has 0 aliphatic carbocycles. The summed E-state index contributed by atoms with van der Waals surface area (Å²) >= 11 is 0. The molecule has 1 heterocycles. The first-order chi connectivity index (χ1) is 11.3. The van der Waals surface area contributed by atoms with Gasteiger partial charge in [0.1, 0.15) is 5.75 Å². The van der Waals surface area contributed by atoms with E-state index in [-0.39, 0.29) is 17.2 Å². The zero-order chi connectivity index (χ0) is 17.7. The highest BCUT2D eigenvalue weighted by molar-refractivity contribution is 7.89. The summed E-state index contributed by atoms with van der Waals surface area (Å²) in [7, 11) is -2.29. The SMILES string of the molecule is COc1ccc(S(=O)(=O)NCC2CCOCC2C)cc1CC(=O)O. The molecule has 7 nitrogen and oxygen atoms in total. The standard InChI is InChI=1S/C16H23NO6S/c1-11-10-23-6-5-12(11)9-17-24(20,21)14-3-4-15(22-2)13(7-14)8-16(18)19/h3-4,7,11-12,17H,5-6,8-10H2,1-2H3,(H,18,19). The summed E-state index contributed by atoms with van der Waals surface area (Å²) in [6.07, 6.45) is 0.514. The van der Waals surface area contributed by atoms with Crippen molar-refractivity contribution in [2.24, 2.45) is 11.8 Å². The fraction of sp³-hybridized carbons (Fsp3) is 0.562. The minimum Gasteiger partial charge on any atom is -0.496 e. The molecule has 2 unspecified atom stereocenters. The van der Waals surface area contributed by atoms with Crippen molar-refractivity contribution in [3.8, 4) is 5.75 Å². The lowest BCUT2D eigenvalue weighted by atomic mass is 9.90. The van der Waals surface area contributed by atoms with E-state index in [0.29, 0.717) is 37.0 Å². The maximum absolute atomic E-state index is 12.5. The highest BCUT2D eigenvalue weighted by atomic mass is 32.2. The van der Waals surface area contributed by atoms with Gasteiger partial charge in [0.15, 0.2) is 0 Å². The van der Waals surface area contributed by atoms with Gasteiger partial charge in [-0.25, -0.2) is 13.1 Å². The molecule has 0 amide bonds. The summed E-state index contributed by atoms with van der Waals surface area (Å²) in [4.78, 5) is 11.0. The smallest absolute Gasteiger partial charge is 0.307 e. The Morgan fingerprint density at radius 3 is 2.83 bits per heavy atom. The van der Waals surface area contributed by atoms with Crippen LogP contribution in [0.5, 0.6) is 5.75 Å². The number of carboxylic acids is 1. The van der Waals surface area contributed by atoms with Crippen molar-refractivity contribution in [1.29, 1.82) is 0 Å². The van der Waals surface area contributed by atoms with Crippen molar-refractivity contribution in [3.63, 3.8) is 0 Å². The van der Waals surface area contributed by atoms with Crippen LogP contribution < -0.4 is 9.46 Å². The molecule has 2 N–H and O–H groups in total. The van der Waals surface area contributed by atoms with Gasteiger partial charge in [-0.05, 0) is 36.5 Å². The Hall–Kier alpha value is -1.64. The molecule has 1 aliphatic heterocycles. The van der Waals surface area contributed by atoms with E-state index in [1.807, 2.05) is 6.92 Å². The number of benzene rings is 1. The molecule has 0 radical (unpaired) electrons. The van der Waals surface area contributed by atoms with Crippen LogP contribution in [0, 0.1) is 11.8 Å². The average molecular weight is 357 g/mol. The molecule has 8 heteroatoms. The van der Waals surface area contributed by atoms with Gasteiger partial charge in [0.05, 0.1) is 18.4 Å². The number of rotatable bonds is 7. The third kappa shape index (κ3) is 4.68. The van der Waals surface area contributed by atoms with Crippen LogP contribution in [-0.2, 0) is 26.0 Å². The third-order valence-corrected chi connectivity index (χ3v) is 5.68. The first-order valence-electron chi connectivity index (χ1n) is 7.79. The molecule has 0 aromatic heterocycles. The number of hydrogen-bond acceptors (Lipinski definition) is 5. The van der Waals surface area contributed by atoms with Crippen LogP contribution in [-0.4, -0.2) is 46.4 Å². The van der Waals surface area contributed by atoms with Gasteiger partial charge >= 0.3 is 5.97 Å². The minimum atomic E-state index is -3.71. The molecule has 1 aliphatic rings. The predicted molar refractivity (Wildman–Crippen MR) is 87.6 cm³/mol. The number of nitrogens with one attached hydrogen (secondary N) is 1. The van der Waals surface area contributed by atoms with Gasteiger partial charge in [0.25, 0.3) is 0 Å². The average Bonchev–Trinajstić information content (AvgIpc) is 2.53. The highest BCUT2D eigenvalue weighted by Crippen LogP contribution is 2.24. The number of carboxylic acid groups (broad SMARTS) is 1. The second-order valence-corrected chi connectivity index (χ2v) is 7.76. The predicted octanol–water partition coefficient (Wildman–Crippen LogP) is 1.27. The van der Waals surface area contributed by atoms with Crippen molar-refractivity contribution >= 4 is 16.0 Å². The van der Waals surface area contributed by atoms with Crippen molar-refractivity contribution in [2.45, 2.75) is 24.7 Å². The van der Waals surface area contributed by atoms with Crippen LogP contribution in [0.3, 0.4) is 0 Å². The molecule has 2 atom stereocenters. The lowest BCUT2D eigenvalue weighted by Gasteiger charge is -2.28. The number of carbonyl (C=O) groups is 1. The number of ether oxygens (including phenoxy) is 2. The lowest BCUT2D eigenvalue weighted by molar-refractivity contribution is -0.136. The Morgan fingerprint density at radius 1 is 1.46 bits per heavy atom. The normalized spacial score (nSPS) is 21.4. The molecular weight excluding hydrogens is 334 g/mol. The maximum atomic E-state index is 12.5. The van der Waals surface area contributed by atoms with E-state index in [2.05, 4.69) is 4.72 Å². The van der Waals surface area contributed by atoms with Crippen molar-refractivity contribution < 1.29 is 27.8 Å². The fourth-order valence-corrected chi connectivity index (χ4v) is 3.90. The van der Waals surface area contributed by atoms with Crippen LogP contribution in [0.15, 0.2) is 23.1 Å². The van der Waals surface area contributed by atoms with Crippen LogP contribution in [0.1, 0.15) is 18.9 Å². The second-order valence-electron chi connectivity index (χ2n) is 6.00. The summed E-state index contributed by atoms with van der Waals surface area (Å²) < 4.78 is 38.0. The molecule has 1 fully saturated rings. The largest absolute Gasteiger partial charge is 0.496 e. The lowest BCUT2D eigenvalue weighted by Crippen LogP contribution is -2.36. The van der Waals surface area contributed by atoms with E-state index in [1.54, 1.807) is 0 Å². The number of hydrogen-bond donors (Lipinski definition) is 2. The summed E-state index contributed by atoms with van der Waals surface area (Å²) in [5.41, 5.74) is 0.326. The van der Waals surface area contributed by atoms with Gasteiger partial charge in [-0.1, -0.05) is 6.92 Å². The van der Waals surface area contributed by atoms with E-state index < -0.39 is 16.0 Å². The Balaban J connectivity index is 2.14.